The van der Waals surface area contributed by atoms with Gasteiger partial charge in [0.25, 0.3) is 0 Å². The molecule has 0 bridgehead atoms. The van der Waals surface area contributed by atoms with Crippen LogP contribution in [0.25, 0.3) is 0 Å². The van der Waals surface area contributed by atoms with Gasteiger partial charge in [-0.15, -0.1) is 0 Å². The van der Waals surface area contributed by atoms with Crippen LogP contribution in [0.5, 0.6) is 0 Å². The quantitative estimate of drug-likeness (QED) is 0.487. The van der Waals surface area contributed by atoms with E-state index in [1.807, 2.05) is 0 Å². The van der Waals surface area contributed by atoms with Crippen LogP contribution in [0, 0.1) is 34.6 Å². The summed E-state index contributed by atoms with van der Waals surface area (Å²) in [7, 11) is 0. The Bertz CT molecular complexity index is 199. The van der Waals surface area contributed by atoms with Crippen molar-refractivity contribution in [2.45, 2.75) is 44.7 Å². The normalized spacial score (nSPS) is 16.9. The number of hydrogen-bond acceptors (Lipinski definition) is 2. The molecule has 2 saturated heterocycles. The van der Waals surface area contributed by atoms with Crippen LogP contribution in [0.15, 0.2) is 38.0 Å². The Kier molecular flexibility index (Phi) is 20.0. The average molecular weight is 440 g/mol. The van der Waals surface area contributed by atoms with E-state index in [0.717, 1.165) is 26.4 Å². The molecule has 22 heavy (non-hydrogen) atoms. The van der Waals surface area contributed by atoms with Gasteiger partial charge in [0.2, 0.25) is 0 Å². The van der Waals surface area contributed by atoms with E-state index in [1.54, 1.807) is 0 Å². The van der Waals surface area contributed by atoms with Crippen molar-refractivity contribution >= 4 is 0 Å². The first-order chi connectivity index (χ1) is 10.8. The van der Waals surface area contributed by atoms with E-state index in [9.17, 15) is 0 Å². The molecule has 0 unspecified atom stereocenters. The van der Waals surface area contributed by atoms with Gasteiger partial charge in [-0.1, -0.05) is 0 Å². The zero-order chi connectivity index (χ0) is 16.3. The van der Waals surface area contributed by atoms with E-state index in [-0.39, 0.29) is 0 Å². The van der Waals surface area contributed by atoms with Gasteiger partial charge in [-0.25, -0.2) is 0 Å². The Morgan fingerprint density at radius 1 is 0.591 bits per heavy atom. The molecule has 0 atom stereocenters. The zero-order valence-electron chi connectivity index (χ0n) is 14.4. The third-order valence-corrected chi connectivity index (χ3v) is 11.8. The summed E-state index contributed by atoms with van der Waals surface area (Å²) >= 11 is -1.26. The van der Waals surface area contributed by atoms with Gasteiger partial charge < -0.3 is 9.47 Å². The van der Waals surface area contributed by atoms with Crippen LogP contribution >= 0.6 is 0 Å². The number of rotatable bonds is 6. The summed E-state index contributed by atoms with van der Waals surface area (Å²) in [6, 6.07) is 0. The molecule has 0 N–H and O–H groups in total. The molecule has 0 aromatic rings. The third kappa shape index (κ3) is 16.9. The second-order valence-electron chi connectivity index (χ2n) is 5.57. The van der Waals surface area contributed by atoms with Crippen molar-refractivity contribution in [2.75, 3.05) is 26.4 Å². The minimum atomic E-state index is -1.26. The number of ether oxygens (including phenoxy) is 2. The molecule has 0 aliphatic carbocycles. The number of allylic oxidation sites excluding steroid dienone is 3. The molecule has 0 saturated carbocycles. The van der Waals surface area contributed by atoms with Gasteiger partial charge in [0.1, 0.15) is 0 Å². The van der Waals surface area contributed by atoms with Gasteiger partial charge in [0, 0.05) is 26.4 Å². The SMILES string of the molecule is C1CCOCC1.C1CCOCC1.C=C[CH2][Nd]([CH2]C=C)[CH2]C=C. The summed E-state index contributed by atoms with van der Waals surface area (Å²) < 4.78 is 14.0. The summed E-state index contributed by atoms with van der Waals surface area (Å²) in [4.78, 5) is 0. The Hall–Kier alpha value is 0.491. The van der Waals surface area contributed by atoms with Crippen molar-refractivity contribution in [3.05, 3.63) is 38.0 Å². The molecule has 0 amide bonds. The zero-order valence-corrected chi connectivity index (χ0v) is 17.6. The second kappa shape index (κ2) is 19.5. The van der Waals surface area contributed by atoms with Crippen molar-refractivity contribution in [3.63, 3.8) is 0 Å². The first-order valence-corrected chi connectivity index (χ1v) is 15.5. The van der Waals surface area contributed by atoms with Crippen LogP contribution in [0.3, 0.4) is 0 Å². The second-order valence-corrected chi connectivity index (χ2v) is 14.3. The fourth-order valence-corrected chi connectivity index (χ4v) is 7.77. The Morgan fingerprint density at radius 3 is 1.05 bits per heavy atom. The van der Waals surface area contributed by atoms with E-state index in [1.165, 1.54) is 44.7 Å². The maximum absolute atomic E-state index is 5.07. The van der Waals surface area contributed by atoms with Gasteiger partial charge in [0.05, 0.1) is 0 Å². The summed E-state index contributed by atoms with van der Waals surface area (Å²) in [5, 5.41) is 0. The molecule has 2 heterocycles. The molecule has 0 spiro atoms. The molecule has 2 rings (SSSR count). The van der Waals surface area contributed by atoms with E-state index < -0.39 is 34.6 Å². The monoisotopic (exact) mass is 437 g/mol. The van der Waals surface area contributed by atoms with E-state index in [0.29, 0.717) is 0 Å². The molecular formula is C19H35NdO2. The third-order valence-electron chi connectivity index (χ3n) is 3.45. The summed E-state index contributed by atoms with van der Waals surface area (Å²) in [6.07, 6.45) is 14.0. The van der Waals surface area contributed by atoms with E-state index in [4.69, 9.17) is 9.47 Å². The van der Waals surface area contributed by atoms with Crippen LogP contribution in [-0.4, -0.2) is 26.4 Å². The Morgan fingerprint density at radius 2 is 0.909 bits per heavy atom. The van der Waals surface area contributed by atoms with Crippen LogP contribution in [0.1, 0.15) is 38.5 Å². The molecule has 2 nitrogen and oxygen atoms in total. The Balaban J connectivity index is 0.000000315. The van der Waals surface area contributed by atoms with E-state index >= 15 is 0 Å². The first-order valence-electron chi connectivity index (χ1n) is 8.66. The fourth-order valence-electron chi connectivity index (χ4n) is 2.24. The van der Waals surface area contributed by atoms with Crippen LogP contribution in [-0.2, 0) is 9.47 Å². The van der Waals surface area contributed by atoms with Gasteiger partial charge in [-0.05, 0) is 38.5 Å². The molecule has 2 fully saturated rings. The summed E-state index contributed by atoms with van der Waals surface area (Å²) in [5.41, 5.74) is 0. The Labute approximate surface area is 152 Å². The molecule has 0 aromatic carbocycles. The summed E-state index contributed by atoms with van der Waals surface area (Å²) in [5.74, 6) is 0. The predicted octanol–water partition coefficient (Wildman–Crippen LogP) is 5.79. The van der Waals surface area contributed by atoms with Gasteiger partial charge in [-0.2, -0.15) is 0 Å². The van der Waals surface area contributed by atoms with Crippen molar-refractivity contribution in [1.29, 1.82) is 0 Å². The van der Waals surface area contributed by atoms with Crippen molar-refractivity contribution < 1.29 is 44.1 Å². The first kappa shape index (κ1) is 22.5. The molecule has 2 aliphatic rings. The molecule has 3 heteroatoms. The molecule has 127 valence electrons. The topological polar surface area (TPSA) is 18.5 Å². The number of hydrogen-bond donors (Lipinski definition) is 0. The average Bonchev–Trinajstić information content (AvgIpc) is 2.60. The standard InChI is InChI=1S/2C5H10O.3C3H5.Nd/c2*1-2-4-6-5-3-1;3*1-3-2;/h2*1-5H2;3*3H,1-2H2;. The van der Waals surface area contributed by atoms with Gasteiger partial charge >= 0.3 is 78.8 Å². The molecule has 0 aromatic heterocycles. The van der Waals surface area contributed by atoms with Crippen molar-refractivity contribution in [3.8, 4) is 0 Å². The van der Waals surface area contributed by atoms with Crippen LogP contribution in [0.2, 0.25) is 6.21 Å². The van der Waals surface area contributed by atoms with Gasteiger partial charge in [0.15, 0.2) is 0 Å². The van der Waals surface area contributed by atoms with Crippen LogP contribution < -0.4 is 0 Å². The summed E-state index contributed by atoms with van der Waals surface area (Å²) in [6.45, 7) is 15.2. The van der Waals surface area contributed by atoms with Crippen molar-refractivity contribution in [2.24, 2.45) is 0 Å². The fraction of sp³-hybridized carbons (Fsp3) is 0.684. The maximum atomic E-state index is 5.07. The van der Waals surface area contributed by atoms with Gasteiger partial charge in [-0.3, -0.25) is 0 Å². The molecule has 0 radical (unpaired) electrons. The van der Waals surface area contributed by atoms with Crippen molar-refractivity contribution in [1.82, 2.24) is 0 Å². The minimum absolute atomic E-state index is 1.00. The van der Waals surface area contributed by atoms with Crippen LogP contribution in [0.4, 0.5) is 0 Å². The van der Waals surface area contributed by atoms with E-state index in [2.05, 4.69) is 38.0 Å². The molecule has 2 aliphatic heterocycles. The predicted molar refractivity (Wildman–Crippen MR) is 94.4 cm³/mol. The molecular weight excluding hydrogens is 404 g/mol.